The van der Waals surface area contributed by atoms with Gasteiger partial charge in [-0.15, -0.1) is 11.8 Å². The third-order valence-electron chi connectivity index (χ3n) is 2.27. The van der Waals surface area contributed by atoms with Crippen molar-refractivity contribution in [1.29, 1.82) is 0 Å². The van der Waals surface area contributed by atoms with Crippen LogP contribution in [-0.2, 0) is 11.2 Å². The van der Waals surface area contributed by atoms with Crippen LogP contribution in [0.2, 0.25) is 0 Å². The second kappa shape index (κ2) is 3.69. The zero-order chi connectivity index (χ0) is 11.0. The van der Waals surface area contributed by atoms with Crippen LogP contribution in [0.15, 0.2) is 9.69 Å². The number of aromatic nitrogens is 2. The quantitative estimate of drug-likeness (QED) is 0.751. The van der Waals surface area contributed by atoms with Gasteiger partial charge in [-0.05, 0) is 0 Å². The van der Waals surface area contributed by atoms with Crippen molar-refractivity contribution in [1.82, 2.24) is 9.97 Å². The number of aromatic amines is 1. The molecular weight excluding hydrogens is 214 g/mol. The number of H-pyrrole nitrogens is 1. The maximum atomic E-state index is 11.6. The molecule has 0 bridgehead atoms. The Morgan fingerprint density at radius 1 is 1.53 bits per heavy atom. The minimum absolute atomic E-state index is 0.0207. The number of amides is 1. The lowest BCUT2D eigenvalue weighted by Gasteiger charge is -2.23. The first kappa shape index (κ1) is 10.2. The first-order chi connectivity index (χ1) is 7.13. The van der Waals surface area contributed by atoms with Crippen LogP contribution in [-0.4, -0.2) is 28.7 Å². The SMILES string of the molecule is CCc1nc2c(c(=O)[nH]1)SCC(=O)N2C. The van der Waals surface area contributed by atoms with E-state index in [1.165, 1.54) is 16.7 Å². The molecule has 1 N–H and O–H groups in total. The predicted octanol–water partition coefficient (Wildman–Crippen LogP) is 0.401. The highest BCUT2D eigenvalue weighted by Gasteiger charge is 2.25. The van der Waals surface area contributed by atoms with E-state index in [1.54, 1.807) is 7.05 Å². The number of hydrogen-bond donors (Lipinski definition) is 1. The number of hydrogen-bond acceptors (Lipinski definition) is 4. The molecule has 0 radical (unpaired) electrons. The van der Waals surface area contributed by atoms with E-state index in [2.05, 4.69) is 9.97 Å². The van der Waals surface area contributed by atoms with Crippen molar-refractivity contribution < 1.29 is 4.79 Å². The molecule has 1 aliphatic rings. The molecule has 0 fully saturated rings. The van der Waals surface area contributed by atoms with Crippen molar-refractivity contribution in [2.24, 2.45) is 0 Å². The van der Waals surface area contributed by atoms with Crippen molar-refractivity contribution in [2.75, 3.05) is 17.7 Å². The van der Waals surface area contributed by atoms with Gasteiger partial charge in [-0.3, -0.25) is 14.5 Å². The van der Waals surface area contributed by atoms with Gasteiger partial charge in [-0.25, -0.2) is 4.98 Å². The number of anilines is 1. The second-order valence-corrected chi connectivity index (χ2v) is 4.25. The molecule has 80 valence electrons. The van der Waals surface area contributed by atoms with Crippen LogP contribution in [0.1, 0.15) is 12.7 Å². The van der Waals surface area contributed by atoms with Gasteiger partial charge in [0.1, 0.15) is 10.7 Å². The number of nitrogens with one attached hydrogen (secondary N) is 1. The van der Waals surface area contributed by atoms with Crippen LogP contribution in [0.3, 0.4) is 0 Å². The second-order valence-electron chi connectivity index (χ2n) is 3.26. The maximum absolute atomic E-state index is 11.6. The molecule has 1 amide bonds. The smallest absolute Gasteiger partial charge is 0.266 e. The Morgan fingerprint density at radius 3 is 2.93 bits per heavy atom. The lowest BCUT2D eigenvalue weighted by atomic mass is 10.4. The Hall–Kier alpha value is -1.30. The maximum Gasteiger partial charge on any atom is 0.266 e. The summed E-state index contributed by atoms with van der Waals surface area (Å²) < 4.78 is 0. The Labute approximate surface area is 90.9 Å². The highest BCUT2D eigenvalue weighted by Crippen LogP contribution is 2.29. The van der Waals surface area contributed by atoms with Crippen LogP contribution in [0.4, 0.5) is 5.82 Å². The normalized spacial score (nSPS) is 15.3. The average Bonchev–Trinajstić information content (AvgIpc) is 2.23. The molecule has 0 atom stereocenters. The van der Waals surface area contributed by atoms with E-state index in [0.29, 0.717) is 28.7 Å². The molecule has 0 unspecified atom stereocenters. The van der Waals surface area contributed by atoms with Crippen LogP contribution in [0.5, 0.6) is 0 Å². The average molecular weight is 225 g/mol. The molecule has 0 saturated heterocycles. The Balaban J connectivity index is 2.61. The van der Waals surface area contributed by atoms with Gasteiger partial charge >= 0.3 is 0 Å². The van der Waals surface area contributed by atoms with E-state index in [4.69, 9.17) is 0 Å². The number of carbonyl (C=O) groups excluding carboxylic acids is 1. The number of thioether (sulfide) groups is 1. The summed E-state index contributed by atoms with van der Waals surface area (Å²) in [7, 11) is 1.65. The molecule has 2 heterocycles. The Morgan fingerprint density at radius 2 is 2.27 bits per heavy atom. The number of rotatable bonds is 1. The molecule has 2 rings (SSSR count). The molecule has 6 heteroatoms. The molecule has 5 nitrogen and oxygen atoms in total. The fourth-order valence-corrected chi connectivity index (χ4v) is 2.32. The van der Waals surface area contributed by atoms with Crippen molar-refractivity contribution in [3.8, 4) is 0 Å². The molecule has 1 aromatic rings. The number of fused-ring (bicyclic) bond motifs is 1. The van der Waals surface area contributed by atoms with E-state index >= 15 is 0 Å². The van der Waals surface area contributed by atoms with Gasteiger partial charge in [0, 0.05) is 13.5 Å². The van der Waals surface area contributed by atoms with Crippen LogP contribution in [0, 0.1) is 0 Å². The molecule has 0 aromatic carbocycles. The van der Waals surface area contributed by atoms with E-state index < -0.39 is 0 Å². The summed E-state index contributed by atoms with van der Waals surface area (Å²) >= 11 is 1.25. The highest BCUT2D eigenvalue weighted by atomic mass is 32.2. The van der Waals surface area contributed by atoms with E-state index in [9.17, 15) is 9.59 Å². The van der Waals surface area contributed by atoms with Gasteiger partial charge in [-0.2, -0.15) is 0 Å². The molecular formula is C9H11N3O2S. The van der Waals surface area contributed by atoms with Gasteiger partial charge in [0.05, 0.1) is 5.75 Å². The predicted molar refractivity (Wildman–Crippen MR) is 58.4 cm³/mol. The number of aryl methyl sites for hydroxylation is 1. The van der Waals surface area contributed by atoms with Crippen molar-refractivity contribution >= 4 is 23.5 Å². The fraction of sp³-hybridized carbons (Fsp3) is 0.444. The van der Waals surface area contributed by atoms with E-state index in [-0.39, 0.29) is 11.5 Å². The summed E-state index contributed by atoms with van der Waals surface area (Å²) in [6, 6.07) is 0. The van der Waals surface area contributed by atoms with E-state index in [0.717, 1.165) is 0 Å². The molecule has 0 aliphatic carbocycles. The minimum atomic E-state index is -0.152. The molecule has 1 aliphatic heterocycles. The monoisotopic (exact) mass is 225 g/mol. The lowest BCUT2D eigenvalue weighted by molar-refractivity contribution is -0.116. The first-order valence-electron chi connectivity index (χ1n) is 4.66. The third-order valence-corrected chi connectivity index (χ3v) is 3.32. The Bertz CT molecular complexity index is 469. The van der Waals surface area contributed by atoms with Gasteiger partial charge in [0.2, 0.25) is 5.91 Å². The van der Waals surface area contributed by atoms with Gasteiger partial charge in [0.25, 0.3) is 5.56 Å². The zero-order valence-corrected chi connectivity index (χ0v) is 9.35. The number of nitrogens with zero attached hydrogens (tertiary/aromatic N) is 2. The summed E-state index contributed by atoms with van der Waals surface area (Å²) in [5, 5.41) is 0. The summed E-state index contributed by atoms with van der Waals surface area (Å²) in [6.45, 7) is 1.91. The van der Waals surface area contributed by atoms with Crippen LogP contribution >= 0.6 is 11.8 Å². The minimum Gasteiger partial charge on any atom is -0.309 e. The topological polar surface area (TPSA) is 66.1 Å². The van der Waals surface area contributed by atoms with Crippen molar-refractivity contribution in [3.63, 3.8) is 0 Å². The van der Waals surface area contributed by atoms with Gasteiger partial charge in [0.15, 0.2) is 5.82 Å². The molecule has 0 spiro atoms. The van der Waals surface area contributed by atoms with Gasteiger partial charge in [-0.1, -0.05) is 6.92 Å². The van der Waals surface area contributed by atoms with Crippen LogP contribution in [0.25, 0.3) is 0 Å². The summed E-state index contributed by atoms with van der Waals surface area (Å²) in [5.74, 6) is 1.38. The first-order valence-corrected chi connectivity index (χ1v) is 5.64. The summed E-state index contributed by atoms with van der Waals surface area (Å²) in [5.41, 5.74) is -0.152. The van der Waals surface area contributed by atoms with Crippen molar-refractivity contribution in [3.05, 3.63) is 16.2 Å². The molecule has 15 heavy (non-hydrogen) atoms. The molecule has 1 aromatic heterocycles. The summed E-state index contributed by atoms with van der Waals surface area (Å²) in [4.78, 5) is 32.0. The number of carbonyl (C=O) groups is 1. The zero-order valence-electron chi connectivity index (χ0n) is 8.53. The van der Waals surface area contributed by atoms with Gasteiger partial charge < -0.3 is 4.98 Å². The largest absolute Gasteiger partial charge is 0.309 e. The van der Waals surface area contributed by atoms with Crippen LogP contribution < -0.4 is 10.5 Å². The lowest BCUT2D eigenvalue weighted by Crippen LogP contribution is -2.35. The molecule has 0 saturated carbocycles. The highest BCUT2D eigenvalue weighted by molar-refractivity contribution is 8.00. The Kier molecular flexibility index (Phi) is 2.52. The third kappa shape index (κ3) is 1.65. The van der Waals surface area contributed by atoms with E-state index in [1.807, 2.05) is 6.92 Å². The standard InChI is InChI=1S/C9H11N3O2S/c1-3-5-10-8-7(9(14)11-5)15-4-6(13)12(8)2/h3-4H2,1-2H3,(H,10,11,14). The van der Waals surface area contributed by atoms with Crippen molar-refractivity contribution in [2.45, 2.75) is 18.2 Å². The fourth-order valence-electron chi connectivity index (χ4n) is 1.37. The summed E-state index contributed by atoms with van der Waals surface area (Å²) in [6.07, 6.45) is 0.648.